The third kappa shape index (κ3) is 5.04. The fourth-order valence-corrected chi connectivity index (χ4v) is 6.62. The van der Waals surface area contributed by atoms with Crippen molar-refractivity contribution in [3.8, 4) is 11.5 Å². The summed E-state index contributed by atoms with van der Waals surface area (Å²) in [4.78, 5) is 32.5. The molecule has 0 aliphatic carbocycles. The van der Waals surface area contributed by atoms with E-state index < -0.39 is 27.9 Å². The molecule has 0 radical (unpaired) electrons. The number of para-hydroxylation sites is 2. The van der Waals surface area contributed by atoms with Crippen LogP contribution in [0.1, 0.15) is 17.5 Å². The molecule has 206 valence electrons. The molecule has 1 aliphatic heterocycles. The minimum Gasteiger partial charge on any atom is -0.436 e. The first-order valence-electron chi connectivity index (χ1n) is 12.9. The second-order valence-corrected chi connectivity index (χ2v) is 12.1. The molecule has 5 aromatic rings. The summed E-state index contributed by atoms with van der Waals surface area (Å²) in [5, 5.41) is 0.361. The van der Waals surface area contributed by atoms with Crippen LogP contribution in [-0.4, -0.2) is 35.6 Å². The lowest BCUT2D eigenvalue weighted by Crippen LogP contribution is -2.45. The average molecular weight is 586 g/mol. The molecule has 2 heterocycles. The highest BCUT2D eigenvalue weighted by Crippen LogP contribution is 2.33. The molecule has 10 heteroatoms. The van der Waals surface area contributed by atoms with E-state index in [-0.39, 0.29) is 17.9 Å². The number of sulfonamides is 1. The van der Waals surface area contributed by atoms with Crippen molar-refractivity contribution < 1.29 is 22.4 Å². The predicted octanol–water partition coefficient (Wildman–Crippen LogP) is 5.98. The van der Waals surface area contributed by atoms with E-state index in [9.17, 15) is 18.0 Å². The van der Waals surface area contributed by atoms with Crippen LogP contribution in [0.3, 0.4) is 0 Å². The summed E-state index contributed by atoms with van der Waals surface area (Å²) >= 11 is 6.38. The lowest BCUT2D eigenvalue weighted by Gasteiger charge is -2.27. The largest absolute Gasteiger partial charge is 0.436 e. The smallest absolute Gasteiger partial charge is 0.252 e. The molecule has 1 aromatic heterocycles. The van der Waals surface area contributed by atoms with Crippen molar-refractivity contribution in [2.24, 2.45) is 0 Å². The van der Waals surface area contributed by atoms with Crippen LogP contribution in [0.4, 0.5) is 5.69 Å². The number of hydrogen-bond acceptors (Lipinski definition) is 6. The van der Waals surface area contributed by atoms with Crippen molar-refractivity contribution in [3.63, 3.8) is 0 Å². The van der Waals surface area contributed by atoms with E-state index in [1.807, 2.05) is 31.2 Å². The number of fused-ring (bicyclic) bond motifs is 1. The van der Waals surface area contributed by atoms with Crippen molar-refractivity contribution in [2.45, 2.75) is 30.8 Å². The van der Waals surface area contributed by atoms with Crippen LogP contribution < -0.4 is 4.90 Å². The van der Waals surface area contributed by atoms with E-state index in [1.165, 1.54) is 12.1 Å². The lowest BCUT2D eigenvalue weighted by atomic mass is 10.2. The Hall–Kier alpha value is -4.31. The monoisotopic (exact) mass is 585 g/mol. The molecular weight excluding hydrogens is 562 g/mol. The van der Waals surface area contributed by atoms with E-state index in [0.29, 0.717) is 38.8 Å². The van der Waals surface area contributed by atoms with Gasteiger partial charge in [-0.1, -0.05) is 59.6 Å². The summed E-state index contributed by atoms with van der Waals surface area (Å²) in [6.45, 7) is 1.68. The molecule has 1 atom stereocenters. The Labute approximate surface area is 241 Å². The van der Waals surface area contributed by atoms with Gasteiger partial charge in [-0.2, -0.15) is 4.31 Å². The third-order valence-electron chi connectivity index (χ3n) is 7.05. The molecule has 1 saturated heterocycles. The number of aromatic nitrogens is 1. The zero-order chi connectivity index (χ0) is 28.7. The fraction of sp³-hybridized carbons (Fsp3) is 0.129. The maximum absolute atomic E-state index is 13.9. The molecule has 6 rings (SSSR count). The number of imide groups is 1. The molecule has 8 nitrogen and oxygen atoms in total. The topological polar surface area (TPSA) is 101 Å². The Morgan fingerprint density at radius 2 is 1.61 bits per heavy atom. The van der Waals surface area contributed by atoms with Crippen LogP contribution in [0.15, 0.2) is 106 Å². The number of carbonyl (C=O) groups is 2. The second-order valence-electron chi connectivity index (χ2n) is 9.78. The van der Waals surface area contributed by atoms with Crippen molar-refractivity contribution in [3.05, 3.63) is 113 Å². The maximum Gasteiger partial charge on any atom is 0.252 e. The summed E-state index contributed by atoms with van der Waals surface area (Å²) in [6.07, 6.45) is -0.304. The summed E-state index contributed by atoms with van der Waals surface area (Å²) in [6, 6.07) is 26.0. The van der Waals surface area contributed by atoms with Gasteiger partial charge < -0.3 is 4.42 Å². The van der Waals surface area contributed by atoms with Crippen molar-refractivity contribution in [1.82, 2.24) is 9.29 Å². The summed E-state index contributed by atoms with van der Waals surface area (Å²) in [7, 11) is -4.18. The van der Waals surface area contributed by atoms with Crippen LogP contribution in [-0.2, 0) is 26.2 Å². The average Bonchev–Trinajstić information content (AvgIpc) is 3.53. The van der Waals surface area contributed by atoms with Crippen LogP contribution in [0.25, 0.3) is 22.6 Å². The molecule has 0 N–H and O–H groups in total. The van der Waals surface area contributed by atoms with E-state index in [2.05, 4.69) is 4.98 Å². The maximum atomic E-state index is 13.9. The number of halogens is 1. The van der Waals surface area contributed by atoms with Gasteiger partial charge in [0.15, 0.2) is 5.58 Å². The molecule has 0 bridgehead atoms. The quantitative estimate of drug-likeness (QED) is 0.218. The number of nitrogens with zero attached hydrogens (tertiary/aromatic N) is 3. The first kappa shape index (κ1) is 26.9. The minimum atomic E-state index is -4.18. The van der Waals surface area contributed by atoms with Crippen LogP contribution in [0.5, 0.6) is 0 Å². The lowest BCUT2D eigenvalue weighted by molar-refractivity contribution is -0.122. The van der Waals surface area contributed by atoms with Gasteiger partial charge in [-0.05, 0) is 67.1 Å². The van der Waals surface area contributed by atoms with Gasteiger partial charge in [-0.25, -0.2) is 18.3 Å². The van der Waals surface area contributed by atoms with Crippen LogP contribution >= 0.6 is 11.6 Å². The number of oxazole rings is 1. The zero-order valence-corrected chi connectivity index (χ0v) is 23.5. The van der Waals surface area contributed by atoms with Gasteiger partial charge in [0, 0.05) is 17.1 Å². The second kappa shape index (κ2) is 10.6. The van der Waals surface area contributed by atoms with Crippen LogP contribution in [0, 0.1) is 6.92 Å². The van der Waals surface area contributed by atoms with Gasteiger partial charge in [-0.3, -0.25) is 9.59 Å². The van der Waals surface area contributed by atoms with Gasteiger partial charge in [0.2, 0.25) is 21.8 Å². The fourth-order valence-electron chi connectivity index (χ4n) is 4.86. The molecule has 0 spiro atoms. The van der Waals surface area contributed by atoms with Gasteiger partial charge in [-0.15, -0.1) is 0 Å². The van der Waals surface area contributed by atoms with Gasteiger partial charge in [0.05, 0.1) is 17.0 Å². The minimum absolute atomic E-state index is 0.0246. The zero-order valence-electron chi connectivity index (χ0n) is 21.9. The molecule has 0 saturated carbocycles. The van der Waals surface area contributed by atoms with Crippen molar-refractivity contribution >= 4 is 50.2 Å². The Bertz CT molecular complexity index is 1850. The predicted molar refractivity (Wildman–Crippen MR) is 156 cm³/mol. The Kier molecular flexibility index (Phi) is 6.94. The van der Waals surface area contributed by atoms with Crippen molar-refractivity contribution in [2.75, 3.05) is 4.90 Å². The standard InChI is InChI=1S/C31H24ClN3O5S/c1-20-10-16-24(17-11-20)41(38,39)34(19-22-6-2-3-7-25(22)32)27-18-29(36)35(31(27)37)23-14-12-21(13-15-23)30-33-26-8-4-5-9-28(26)40-30/h2-17,27H,18-19H2,1H3. The molecule has 2 amide bonds. The number of anilines is 1. The number of carbonyl (C=O) groups excluding carboxylic acids is 2. The molecule has 4 aromatic carbocycles. The highest BCUT2D eigenvalue weighted by molar-refractivity contribution is 7.89. The molecule has 1 fully saturated rings. The van der Waals surface area contributed by atoms with Crippen LogP contribution in [0.2, 0.25) is 5.02 Å². The third-order valence-corrected chi connectivity index (χ3v) is 9.29. The summed E-state index contributed by atoms with van der Waals surface area (Å²) in [5.74, 6) is -0.727. The Morgan fingerprint density at radius 3 is 2.32 bits per heavy atom. The van der Waals surface area contributed by atoms with Gasteiger partial charge in [0.1, 0.15) is 11.6 Å². The highest BCUT2D eigenvalue weighted by atomic mass is 35.5. The molecular formula is C31H24ClN3O5S. The van der Waals surface area contributed by atoms with E-state index in [0.717, 1.165) is 14.8 Å². The van der Waals surface area contributed by atoms with Gasteiger partial charge in [0.25, 0.3) is 5.91 Å². The number of amides is 2. The number of rotatable bonds is 7. The normalized spacial score (nSPS) is 15.8. The van der Waals surface area contributed by atoms with E-state index in [1.54, 1.807) is 60.7 Å². The van der Waals surface area contributed by atoms with E-state index in [4.69, 9.17) is 16.0 Å². The SMILES string of the molecule is Cc1ccc(S(=O)(=O)N(Cc2ccccc2Cl)C2CC(=O)N(c3ccc(-c4nc5ccccc5o4)cc3)C2=O)cc1. The molecule has 1 unspecified atom stereocenters. The first-order valence-corrected chi connectivity index (χ1v) is 14.7. The number of benzene rings is 4. The highest BCUT2D eigenvalue weighted by Gasteiger charge is 2.47. The number of hydrogen-bond donors (Lipinski definition) is 0. The van der Waals surface area contributed by atoms with Gasteiger partial charge >= 0.3 is 0 Å². The van der Waals surface area contributed by atoms with E-state index >= 15 is 0 Å². The summed E-state index contributed by atoms with van der Waals surface area (Å²) < 4.78 is 34.7. The number of aryl methyl sites for hydroxylation is 1. The molecule has 41 heavy (non-hydrogen) atoms. The Morgan fingerprint density at radius 1 is 0.927 bits per heavy atom. The van der Waals surface area contributed by atoms with Crippen molar-refractivity contribution in [1.29, 1.82) is 0 Å². The summed E-state index contributed by atoms with van der Waals surface area (Å²) in [5.41, 5.74) is 3.77. The Balaban J connectivity index is 1.33. The molecule has 1 aliphatic rings. The first-order chi connectivity index (χ1) is 19.7.